The fourth-order valence-electron chi connectivity index (χ4n) is 4.01. The van der Waals surface area contributed by atoms with E-state index in [1.807, 2.05) is 12.1 Å². The van der Waals surface area contributed by atoms with E-state index in [4.69, 9.17) is 0 Å². The van der Waals surface area contributed by atoms with Crippen molar-refractivity contribution in [3.8, 4) is 0 Å². The number of fused-ring (bicyclic) bond motifs is 1. The van der Waals surface area contributed by atoms with Crippen LogP contribution >= 0.6 is 0 Å². The molecule has 0 N–H and O–H groups in total. The predicted octanol–water partition coefficient (Wildman–Crippen LogP) is 5.15. The van der Waals surface area contributed by atoms with E-state index in [0.717, 1.165) is 5.56 Å². The molecule has 0 spiro atoms. The summed E-state index contributed by atoms with van der Waals surface area (Å²) in [4.78, 5) is 11.9. The van der Waals surface area contributed by atoms with Gasteiger partial charge in [0.05, 0.1) is 8.07 Å². The molecule has 0 atom stereocenters. The zero-order chi connectivity index (χ0) is 17.7. The molecule has 1 nitrogen and oxygen atoms in total. The van der Waals surface area contributed by atoms with Crippen LogP contribution in [-0.2, 0) is 0 Å². The van der Waals surface area contributed by atoms with Gasteiger partial charge in [0.1, 0.15) is 8.07 Å². The predicted molar refractivity (Wildman–Crippen MR) is 110 cm³/mol. The molecule has 1 aliphatic rings. The molecule has 0 bridgehead atoms. The maximum absolute atomic E-state index is 11.9. The molecule has 0 aromatic heterocycles. The van der Waals surface area contributed by atoms with Gasteiger partial charge < -0.3 is 0 Å². The average Bonchev–Trinajstić information content (AvgIpc) is 2.75. The second-order valence-electron chi connectivity index (χ2n) is 8.31. The molecule has 0 fully saturated rings. The van der Waals surface area contributed by atoms with Crippen molar-refractivity contribution in [1.29, 1.82) is 0 Å². The Hall–Kier alpha value is -1.72. The summed E-state index contributed by atoms with van der Waals surface area (Å²) in [5, 5.41) is 4.69. The first kappa shape index (κ1) is 17.1. The van der Waals surface area contributed by atoms with E-state index in [-0.39, 0.29) is 5.78 Å². The van der Waals surface area contributed by atoms with Gasteiger partial charge in [-0.1, -0.05) is 80.4 Å². The van der Waals surface area contributed by atoms with E-state index in [0.29, 0.717) is 0 Å². The summed E-state index contributed by atoms with van der Waals surface area (Å²) in [5.41, 5.74) is 3.54. The Labute approximate surface area is 147 Å². The van der Waals surface area contributed by atoms with E-state index in [9.17, 15) is 4.79 Å². The van der Waals surface area contributed by atoms with Gasteiger partial charge in [-0.05, 0) is 34.5 Å². The Morgan fingerprint density at radius 3 is 2.25 bits per heavy atom. The van der Waals surface area contributed by atoms with Crippen LogP contribution in [0.2, 0.25) is 32.7 Å². The van der Waals surface area contributed by atoms with Crippen LogP contribution < -0.4 is 5.19 Å². The lowest BCUT2D eigenvalue weighted by atomic mass is 10.1. The fourth-order valence-corrected chi connectivity index (χ4v) is 11.4. The summed E-state index contributed by atoms with van der Waals surface area (Å²) < 4.78 is 0. The van der Waals surface area contributed by atoms with Gasteiger partial charge in [-0.15, -0.1) is 0 Å². The molecule has 0 saturated heterocycles. The van der Waals surface area contributed by atoms with Crippen molar-refractivity contribution in [2.24, 2.45) is 0 Å². The van der Waals surface area contributed by atoms with Gasteiger partial charge in [0.15, 0.2) is 5.78 Å². The molecular weight excluding hydrogens is 324 g/mol. The van der Waals surface area contributed by atoms with Crippen molar-refractivity contribution >= 4 is 37.5 Å². The highest BCUT2D eigenvalue weighted by atomic mass is 28.3. The van der Waals surface area contributed by atoms with Gasteiger partial charge in [-0.2, -0.15) is 0 Å². The number of hydrogen-bond donors (Lipinski definition) is 0. The second kappa shape index (κ2) is 5.67. The van der Waals surface area contributed by atoms with Crippen LogP contribution in [0.5, 0.6) is 0 Å². The number of benzene rings is 2. The second-order valence-corrected chi connectivity index (χ2v) is 17.6. The lowest BCUT2D eigenvalue weighted by Crippen LogP contribution is -2.40. The Bertz CT molecular complexity index is 854. The zero-order valence-corrected chi connectivity index (χ0v) is 17.5. The van der Waals surface area contributed by atoms with Crippen molar-refractivity contribution in [3.05, 3.63) is 65.2 Å². The van der Waals surface area contributed by atoms with Gasteiger partial charge in [0.2, 0.25) is 0 Å². The van der Waals surface area contributed by atoms with Crippen molar-refractivity contribution in [2.45, 2.75) is 39.7 Å². The number of carbonyl (C=O) groups is 1. The molecule has 1 heterocycles. The third-order valence-electron chi connectivity index (χ3n) is 5.05. The standard InChI is InChI=1S/C21H26OSi2/c1-15(22)16-10-9-11-17(14-16)20-21(23(2,3)4)18-12-7-8-13-19(18)24(20,5)6/h7-14H,1-6H3. The fraction of sp³-hybridized carbons (Fsp3) is 0.286. The average molecular weight is 351 g/mol. The molecule has 1 aliphatic heterocycles. The van der Waals surface area contributed by atoms with Gasteiger partial charge in [0.25, 0.3) is 0 Å². The highest BCUT2D eigenvalue weighted by Gasteiger charge is 2.43. The zero-order valence-electron chi connectivity index (χ0n) is 15.5. The first-order valence-electron chi connectivity index (χ1n) is 8.60. The topological polar surface area (TPSA) is 17.1 Å². The number of rotatable bonds is 3. The monoisotopic (exact) mass is 350 g/mol. The van der Waals surface area contributed by atoms with E-state index in [1.54, 1.807) is 22.5 Å². The van der Waals surface area contributed by atoms with Gasteiger partial charge in [-0.25, -0.2) is 0 Å². The minimum atomic E-state index is -1.76. The molecule has 0 unspecified atom stereocenters. The van der Waals surface area contributed by atoms with Crippen LogP contribution in [0.25, 0.3) is 10.4 Å². The van der Waals surface area contributed by atoms with Gasteiger partial charge >= 0.3 is 0 Å². The summed E-state index contributed by atoms with van der Waals surface area (Å²) >= 11 is 0. The largest absolute Gasteiger partial charge is 0.295 e. The minimum Gasteiger partial charge on any atom is -0.295 e. The van der Waals surface area contributed by atoms with E-state index < -0.39 is 16.1 Å². The Morgan fingerprint density at radius 2 is 1.62 bits per heavy atom. The number of hydrogen-bond acceptors (Lipinski definition) is 1. The molecule has 0 aliphatic carbocycles. The van der Waals surface area contributed by atoms with Crippen molar-refractivity contribution < 1.29 is 4.79 Å². The highest BCUT2D eigenvalue weighted by molar-refractivity contribution is 7.13. The summed E-state index contributed by atoms with van der Waals surface area (Å²) in [5.74, 6) is 0.141. The smallest absolute Gasteiger partial charge is 0.159 e. The van der Waals surface area contributed by atoms with Crippen molar-refractivity contribution in [3.63, 3.8) is 0 Å². The number of Topliss-reactive ketones (excluding diaryl/α,β-unsaturated/α-hetero) is 1. The molecule has 0 amide bonds. The quantitative estimate of drug-likeness (QED) is 0.553. The summed E-state index contributed by atoms with van der Waals surface area (Å²) in [6.07, 6.45) is 0. The van der Waals surface area contributed by atoms with Crippen LogP contribution in [0, 0.1) is 0 Å². The molecule has 3 rings (SSSR count). The molecule has 2 aromatic rings. The number of ketones is 1. The van der Waals surface area contributed by atoms with E-state index in [2.05, 4.69) is 69.1 Å². The van der Waals surface area contributed by atoms with Crippen LogP contribution in [0.3, 0.4) is 0 Å². The Morgan fingerprint density at radius 1 is 0.958 bits per heavy atom. The summed E-state index contributed by atoms with van der Waals surface area (Å²) in [7, 11) is -3.28. The molecule has 0 radical (unpaired) electrons. The highest BCUT2D eigenvalue weighted by Crippen LogP contribution is 2.44. The van der Waals surface area contributed by atoms with Crippen LogP contribution in [-0.4, -0.2) is 21.9 Å². The maximum Gasteiger partial charge on any atom is 0.159 e. The van der Waals surface area contributed by atoms with E-state index in [1.165, 1.54) is 11.1 Å². The maximum atomic E-state index is 11.9. The summed E-state index contributed by atoms with van der Waals surface area (Å²) in [6.45, 7) is 13.9. The summed E-state index contributed by atoms with van der Waals surface area (Å²) in [6, 6.07) is 17.2. The minimum absolute atomic E-state index is 0.141. The molecule has 2 aromatic carbocycles. The Kier molecular flexibility index (Phi) is 4.05. The van der Waals surface area contributed by atoms with Crippen LogP contribution in [0.4, 0.5) is 0 Å². The van der Waals surface area contributed by atoms with Crippen molar-refractivity contribution in [1.82, 2.24) is 0 Å². The van der Waals surface area contributed by atoms with Gasteiger partial charge in [-0.3, -0.25) is 4.79 Å². The molecular formula is C21H26OSi2. The third kappa shape index (κ3) is 2.66. The molecule has 124 valence electrons. The molecule has 0 saturated carbocycles. The normalized spacial score (nSPS) is 16.2. The van der Waals surface area contributed by atoms with Crippen LogP contribution in [0.15, 0.2) is 48.5 Å². The first-order valence-corrected chi connectivity index (χ1v) is 15.1. The molecule has 24 heavy (non-hydrogen) atoms. The lowest BCUT2D eigenvalue weighted by Gasteiger charge is -2.26. The first-order chi connectivity index (χ1) is 11.1. The lowest BCUT2D eigenvalue weighted by molar-refractivity contribution is 0.101. The van der Waals surface area contributed by atoms with E-state index >= 15 is 0 Å². The SMILES string of the molecule is CC(=O)c1cccc(C2=C([Si](C)(C)C)c3ccccc3[Si]2(C)C)c1. The van der Waals surface area contributed by atoms with Crippen LogP contribution in [0.1, 0.15) is 28.4 Å². The number of carbonyl (C=O) groups excluding carboxylic acids is 1. The van der Waals surface area contributed by atoms with Gasteiger partial charge in [0, 0.05) is 5.56 Å². The molecule has 3 heteroatoms. The Balaban J connectivity index is 2.35. The third-order valence-corrected chi connectivity index (χ3v) is 10.9. The van der Waals surface area contributed by atoms with Crippen molar-refractivity contribution in [2.75, 3.05) is 0 Å².